The molecule has 0 heterocycles. The summed E-state index contributed by atoms with van der Waals surface area (Å²) in [6, 6.07) is 9.55. The number of carbonyl (C=O) groups is 2. The van der Waals surface area contributed by atoms with Crippen LogP contribution in [0.2, 0.25) is 0 Å². The molecule has 0 radical (unpaired) electrons. The van der Waals surface area contributed by atoms with Gasteiger partial charge in [-0.15, -0.1) is 11.8 Å². The maximum Gasteiger partial charge on any atom is 0.407 e. The molecule has 2 amide bonds. The molecule has 0 aliphatic rings. The number of hydrogen-bond acceptors (Lipinski definition) is 4. The van der Waals surface area contributed by atoms with Gasteiger partial charge in [0.1, 0.15) is 5.60 Å². The SMILES string of the molecule is [C-]#[N+]c1ccc(NC(=O)C(C)(O)CSc2cccc(NC(=O)CBr)c2)cc1C(F)(F)F. The van der Waals surface area contributed by atoms with E-state index >= 15 is 0 Å². The summed E-state index contributed by atoms with van der Waals surface area (Å²) in [6.07, 6.45) is -4.76. The lowest BCUT2D eigenvalue weighted by molar-refractivity contribution is -0.137. The van der Waals surface area contributed by atoms with Crippen LogP contribution in [0.5, 0.6) is 0 Å². The topological polar surface area (TPSA) is 82.8 Å². The van der Waals surface area contributed by atoms with Gasteiger partial charge in [-0.05, 0) is 37.3 Å². The molecule has 1 unspecified atom stereocenters. The first-order valence-electron chi connectivity index (χ1n) is 8.67. The van der Waals surface area contributed by atoms with Crippen LogP contribution in [0.15, 0.2) is 47.4 Å². The summed E-state index contributed by atoms with van der Waals surface area (Å²) in [5.74, 6) is -1.23. The van der Waals surface area contributed by atoms with E-state index in [1.165, 1.54) is 13.0 Å². The number of nitrogens with zero attached hydrogens (tertiary/aromatic N) is 1. The number of aliphatic hydroxyl groups is 1. The Morgan fingerprint density at radius 1 is 1.16 bits per heavy atom. The minimum Gasteiger partial charge on any atom is -0.379 e. The van der Waals surface area contributed by atoms with E-state index in [1.54, 1.807) is 24.3 Å². The van der Waals surface area contributed by atoms with E-state index in [9.17, 15) is 27.9 Å². The molecule has 11 heteroatoms. The van der Waals surface area contributed by atoms with Crippen LogP contribution in [0.1, 0.15) is 12.5 Å². The van der Waals surface area contributed by atoms with E-state index in [-0.39, 0.29) is 22.7 Å². The van der Waals surface area contributed by atoms with Crippen LogP contribution in [0.4, 0.5) is 30.2 Å². The third-order valence-electron chi connectivity index (χ3n) is 3.93. The third kappa shape index (κ3) is 6.99. The fraction of sp³-hybridized carbons (Fsp3) is 0.250. The van der Waals surface area contributed by atoms with E-state index in [0.717, 1.165) is 17.8 Å². The Morgan fingerprint density at radius 3 is 2.45 bits per heavy atom. The second kappa shape index (κ2) is 10.2. The van der Waals surface area contributed by atoms with Crippen LogP contribution in [0.25, 0.3) is 4.85 Å². The summed E-state index contributed by atoms with van der Waals surface area (Å²) >= 11 is 4.18. The van der Waals surface area contributed by atoms with Crippen molar-refractivity contribution in [3.8, 4) is 0 Å². The van der Waals surface area contributed by atoms with Crippen molar-refractivity contribution in [3.63, 3.8) is 0 Å². The van der Waals surface area contributed by atoms with Crippen molar-refractivity contribution in [2.45, 2.75) is 23.6 Å². The fourth-order valence-electron chi connectivity index (χ4n) is 2.35. The van der Waals surface area contributed by atoms with Gasteiger partial charge in [0.2, 0.25) is 5.91 Å². The van der Waals surface area contributed by atoms with E-state index in [1.807, 2.05) is 0 Å². The van der Waals surface area contributed by atoms with Gasteiger partial charge in [0.15, 0.2) is 5.69 Å². The summed E-state index contributed by atoms with van der Waals surface area (Å²) in [5, 5.41) is 15.6. The molecule has 0 aliphatic heterocycles. The molecular formula is C20H17BrF3N3O3S. The van der Waals surface area contributed by atoms with Gasteiger partial charge in [-0.1, -0.05) is 28.1 Å². The zero-order valence-electron chi connectivity index (χ0n) is 16.1. The zero-order valence-corrected chi connectivity index (χ0v) is 18.5. The molecule has 31 heavy (non-hydrogen) atoms. The minimum atomic E-state index is -4.76. The molecule has 3 N–H and O–H groups in total. The molecule has 1 atom stereocenters. The van der Waals surface area contributed by atoms with Crippen molar-refractivity contribution in [3.05, 3.63) is 59.4 Å². The van der Waals surface area contributed by atoms with Gasteiger partial charge >= 0.3 is 6.18 Å². The Hall–Kier alpha value is -2.55. The van der Waals surface area contributed by atoms with E-state index in [0.29, 0.717) is 16.6 Å². The number of benzene rings is 2. The van der Waals surface area contributed by atoms with Crippen molar-refractivity contribution in [2.75, 3.05) is 21.7 Å². The maximum absolute atomic E-state index is 13.1. The summed E-state index contributed by atoms with van der Waals surface area (Å²) < 4.78 is 39.3. The molecule has 0 spiro atoms. The summed E-state index contributed by atoms with van der Waals surface area (Å²) in [5.41, 5.74) is -3.31. The van der Waals surface area contributed by atoms with E-state index < -0.39 is 28.9 Å². The Bertz CT molecular complexity index is 1020. The summed E-state index contributed by atoms with van der Waals surface area (Å²) in [6.45, 7) is 8.09. The van der Waals surface area contributed by atoms with Crippen LogP contribution < -0.4 is 10.6 Å². The van der Waals surface area contributed by atoms with Crippen molar-refractivity contribution in [1.82, 2.24) is 0 Å². The number of halogens is 4. The fourth-order valence-corrected chi connectivity index (χ4v) is 3.46. The Kier molecular flexibility index (Phi) is 8.11. The molecule has 2 rings (SSSR count). The van der Waals surface area contributed by atoms with Crippen LogP contribution in [0, 0.1) is 6.57 Å². The van der Waals surface area contributed by atoms with Crippen molar-refractivity contribution < 1.29 is 27.9 Å². The lowest BCUT2D eigenvalue weighted by Gasteiger charge is -2.22. The second-order valence-electron chi connectivity index (χ2n) is 6.57. The number of hydrogen-bond donors (Lipinski definition) is 3. The second-order valence-corrected chi connectivity index (χ2v) is 8.18. The molecule has 164 valence electrons. The number of amides is 2. The first kappa shape index (κ1) is 24.7. The van der Waals surface area contributed by atoms with Crippen LogP contribution in [-0.4, -0.2) is 33.6 Å². The van der Waals surface area contributed by atoms with Gasteiger partial charge in [0.05, 0.1) is 17.5 Å². The first-order chi connectivity index (χ1) is 14.5. The van der Waals surface area contributed by atoms with Gasteiger partial charge < -0.3 is 15.7 Å². The number of anilines is 2. The van der Waals surface area contributed by atoms with Gasteiger partial charge in [-0.2, -0.15) is 13.2 Å². The number of carbonyl (C=O) groups excluding carboxylic acids is 2. The normalized spacial score (nSPS) is 13.1. The highest BCUT2D eigenvalue weighted by Gasteiger charge is 2.35. The van der Waals surface area contributed by atoms with Crippen molar-refractivity contribution >= 4 is 56.6 Å². The number of thioether (sulfide) groups is 1. The molecule has 2 aromatic rings. The highest BCUT2D eigenvalue weighted by Crippen LogP contribution is 2.38. The standard InChI is InChI=1S/C20H17BrF3N3O3S/c1-19(30,11-31-14-5-3-4-12(8-14)26-17(28)10-21)18(29)27-13-6-7-16(25-2)15(9-13)20(22,23)24/h3-9,30H,10-11H2,1H3,(H,26,28)(H,27,29). The molecule has 6 nitrogen and oxygen atoms in total. The quantitative estimate of drug-likeness (QED) is 0.273. The Labute approximate surface area is 189 Å². The molecule has 2 aromatic carbocycles. The van der Waals surface area contributed by atoms with Crippen molar-refractivity contribution in [2.24, 2.45) is 0 Å². The van der Waals surface area contributed by atoms with E-state index in [4.69, 9.17) is 6.57 Å². The lowest BCUT2D eigenvalue weighted by atomic mass is 10.1. The summed E-state index contributed by atoms with van der Waals surface area (Å²) in [4.78, 5) is 27.4. The van der Waals surface area contributed by atoms with Crippen LogP contribution in [0.3, 0.4) is 0 Å². The van der Waals surface area contributed by atoms with Gasteiger partial charge in [-0.25, -0.2) is 4.85 Å². The minimum absolute atomic E-state index is 0.0963. The monoisotopic (exact) mass is 515 g/mol. The molecule has 0 saturated carbocycles. The maximum atomic E-state index is 13.1. The average molecular weight is 516 g/mol. The average Bonchev–Trinajstić information content (AvgIpc) is 2.71. The number of nitrogens with one attached hydrogen (secondary N) is 2. The lowest BCUT2D eigenvalue weighted by Crippen LogP contribution is -2.42. The molecule has 0 aliphatic carbocycles. The molecular weight excluding hydrogens is 499 g/mol. The van der Waals surface area contributed by atoms with Gasteiger partial charge in [-0.3, -0.25) is 9.59 Å². The number of alkyl halides is 4. The summed E-state index contributed by atoms with van der Waals surface area (Å²) in [7, 11) is 0. The molecule has 0 aromatic heterocycles. The molecule has 0 fully saturated rings. The highest BCUT2D eigenvalue weighted by molar-refractivity contribution is 9.09. The smallest absolute Gasteiger partial charge is 0.379 e. The number of rotatable bonds is 7. The highest BCUT2D eigenvalue weighted by atomic mass is 79.9. The zero-order chi connectivity index (χ0) is 23.2. The largest absolute Gasteiger partial charge is 0.407 e. The van der Waals surface area contributed by atoms with Gasteiger partial charge in [0.25, 0.3) is 5.91 Å². The van der Waals surface area contributed by atoms with E-state index in [2.05, 4.69) is 31.4 Å². The molecule has 0 bridgehead atoms. The van der Waals surface area contributed by atoms with Gasteiger partial charge in [0, 0.05) is 22.0 Å². The van der Waals surface area contributed by atoms with Crippen LogP contribution in [-0.2, 0) is 15.8 Å². The Morgan fingerprint density at radius 2 is 1.84 bits per heavy atom. The van der Waals surface area contributed by atoms with Crippen LogP contribution >= 0.6 is 27.7 Å². The predicted molar refractivity (Wildman–Crippen MR) is 117 cm³/mol. The first-order valence-corrected chi connectivity index (χ1v) is 10.8. The van der Waals surface area contributed by atoms with Crippen molar-refractivity contribution in [1.29, 1.82) is 0 Å². The molecule has 0 saturated heterocycles. The third-order valence-corrected chi connectivity index (χ3v) is 5.73. The Balaban J connectivity index is 2.08. The predicted octanol–water partition coefficient (Wildman–Crippen LogP) is 5.07.